The highest BCUT2D eigenvalue weighted by atomic mass is 79.9. The van der Waals surface area contributed by atoms with E-state index < -0.39 is 23.2 Å². The van der Waals surface area contributed by atoms with E-state index in [0.717, 1.165) is 0 Å². The lowest BCUT2D eigenvalue weighted by atomic mass is 10.2. The Morgan fingerprint density at radius 3 is 2.57 bits per heavy atom. The third kappa shape index (κ3) is 2.24. The summed E-state index contributed by atoms with van der Waals surface area (Å²) < 4.78 is 36.9. The van der Waals surface area contributed by atoms with Crippen molar-refractivity contribution in [2.45, 2.75) is 6.43 Å². The minimum absolute atomic E-state index is 0.195. The maximum atomic E-state index is 12.8. The lowest BCUT2D eigenvalue weighted by molar-refractivity contribution is 0.107. The van der Waals surface area contributed by atoms with E-state index in [9.17, 15) is 18.0 Å². The van der Waals surface area contributed by atoms with Crippen molar-refractivity contribution in [2.75, 3.05) is 0 Å². The van der Waals surface area contributed by atoms with Crippen LogP contribution in [0.15, 0.2) is 10.7 Å². The van der Waals surface area contributed by atoms with Crippen LogP contribution < -0.4 is 0 Å². The molecule has 1 heterocycles. The maximum absolute atomic E-state index is 12.8. The van der Waals surface area contributed by atoms with Gasteiger partial charge >= 0.3 is 0 Å². The first-order valence-corrected chi connectivity index (χ1v) is 4.44. The zero-order chi connectivity index (χ0) is 10.9. The molecule has 0 amide bonds. The normalized spacial score (nSPS) is 10.7. The summed E-state index contributed by atoms with van der Waals surface area (Å²) in [5.41, 5.74) is -1.24. The van der Waals surface area contributed by atoms with Crippen molar-refractivity contribution in [1.29, 1.82) is 0 Å². The molecule has 0 aliphatic rings. The fourth-order valence-corrected chi connectivity index (χ4v) is 1.48. The smallest absolute Gasteiger partial charge is 0.268 e. The van der Waals surface area contributed by atoms with Gasteiger partial charge in [0.15, 0.2) is 0 Å². The minimum atomic E-state index is -3.04. The molecule has 0 bridgehead atoms. The predicted octanol–water partition coefficient (Wildman–Crippen LogP) is 3.30. The Bertz CT molecular complexity index is 385. The second kappa shape index (κ2) is 4.27. The van der Waals surface area contributed by atoms with Crippen LogP contribution in [0.3, 0.4) is 0 Å². The van der Waals surface area contributed by atoms with E-state index in [4.69, 9.17) is 11.6 Å². The number of halogens is 5. The third-order valence-electron chi connectivity index (χ3n) is 1.40. The number of aromatic nitrogens is 1. The maximum Gasteiger partial charge on any atom is 0.268 e. The van der Waals surface area contributed by atoms with Gasteiger partial charge in [-0.2, -0.15) is 4.39 Å². The molecular weight excluding hydrogens is 286 g/mol. The molecule has 7 heteroatoms. The average Bonchev–Trinajstić information content (AvgIpc) is 2.02. The van der Waals surface area contributed by atoms with Crippen LogP contribution in [0.2, 0.25) is 0 Å². The Morgan fingerprint density at radius 2 is 2.14 bits per heavy atom. The lowest BCUT2D eigenvalue weighted by Gasteiger charge is -2.04. The van der Waals surface area contributed by atoms with E-state index in [0.29, 0.717) is 6.07 Å². The van der Waals surface area contributed by atoms with Gasteiger partial charge in [0.05, 0.1) is 11.1 Å². The van der Waals surface area contributed by atoms with Crippen LogP contribution in [-0.2, 0) is 0 Å². The highest BCUT2D eigenvalue weighted by Crippen LogP contribution is 2.26. The van der Waals surface area contributed by atoms with E-state index in [1.54, 1.807) is 0 Å². The van der Waals surface area contributed by atoms with Gasteiger partial charge in [-0.15, -0.1) is 0 Å². The van der Waals surface area contributed by atoms with Crippen molar-refractivity contribution >= 4 is 32.8 Å². The number of rotatable bonds is 2. The van der Waals surface area contributed by atoms with E-state index in [1.165, 1.54) is 0 Å². The van der Waals surface area contributed by atoms with Crippen molar-refractivity contribution in [1.82, 2.24) is 4.98 Å². The van der Waals surface area contributed by atoms with Gasteiger partial charge in [-0.05, 0) is 33.6 Å². The van der Waals surface area contributed by atoms with Crippen molar-refractivity contribution in [3.05, 3.63) is 27.7 Å². The summed E-state index contributed by atoms with van der Waals surface area (Å²) in [5.74, 6) is -1.33. The van der Waals surface area contributed by atoms with E-state index in [1.807, 2.05) is 0 Å². The topological polar surface area (TPSA) is 30.0 Å². The van der Waals surface area contributed by atoms with E-state index >= 15 is 0 Å². The monoisotopic (exact) mass is 287 g/mol. The second-order valence-electron chi connectivity index (χ2n) is 2.28. The molecule has 0 saturated carbocycles. The highest BCUT2D eigenvalue weighted by molar-refractivity contribution is 9.10. The second-order valence-corrected chi connectivity index (χ2v) is 3.38. The average molecular weight is 288 g/mol. The zero-order valence-electron chi connectivity index (χ0n) is 6.40. The van der Waals surface area contributed by atoms with Gasteiger partial charge in [-0.3, -0.25) is 4.79 Å². The molecule has 0 aliphatic carbocycles. The first-order chi connectivity index (χ1) is 6.43. The van der Waals surface area contributed by atoms with Crippen molar-refractivity contribution in [3.8, 4) is 0 Å². The Morgan fingerprint density at radius 1 is 1.57 bits per heavy atom. The highest BCUT2D eigenvalue weighted by Gasteiger charge is 2.19. The molecule has 0 aliphatic heterocycles. The van der Waals surface area contributed by atoms with Crippen LogP contribution in [0, 0.1) is 5.95 Å². The molecule has 14 heavy (non-hydrogen) atoms. The molecule has 1 rings (SSSR count). The van der Waals surface area contributed by atoms with Crippen molar-refractivity contribution in [2.24, 2.45) is 0 Å². The molecule has 0 aromatic carbocycles. The molecular formula is C7H2BrClF3NO. The SMILES string of the molecule is O=C(Cl)c1cc(C(F)F)c(F)nc1Br. The number of hydrogen-bond acceptors (Lipinski definition) is 2. The number of pyridine rings is 1. The lowest BCUT2D eigenvalue weighted by Crippen LogP contribution is -2.01. The summed E-state index contributed by atoms with van der Waals surface area (Å²) in [6.45, 7) is 0. The van der Waals surface area contributed by atoms with Gasteiger partial charge < -0.3 is 0 Å². The van der Waals surface area contributed by atoms with Crippen molar-refractivity contribution < 1.29 is 18.0 Å². The Labute approximate surface area is 90.2 Å². The standard InChI is InChI=1S/C7H2BrClF3NO/c8-4-2(5(9)14)1-3(6(10)11)7(12)13-4/h1,6H. The van der Waals surface area contributed by atoms with Gasteiger partial charge in [0.25, 0.3) is 11.7 Å². The first-order valence-electron chi connectivity index (χ1n) is 3.27. The molecule has 76 valence electrons. The molecule has 1 aromatic rings. The summed E-state index contributed by atoms with van der Waals surface area (Å²) in [6.07, 6.45) is -3.04. The number of hydrogen-bond donors (Lipinski definition) is 0. The Balaban J connectivity index is 3.34. The molecule has 0 radical (unpaired) electrons. The van der Waals surface area contributed by atoms with Crippen LogP contribution in [0.25, 0.3) is 0 Å². The molecule has 2 nitrogen and oxygen atoms in total. The summed E-state index contributed by atoms with van der Waals surface area (Å²) in [4.78, 5) is 13.8. The van der Waals surface area contributed by atoms with Gasteiger partial charge in [0.2, 0.25) is 5.95 Å². The summed E-state index contributed by atoms with van der Waals surface area (Å²) in [5, 5.41) is -0.980. The van der Waals surface area contributed by atoms with Gasteiger partial charge in [-0.1, -0.05) is 0 Å². The fourth-order valence-electron chi connectivity index (χ4n) is 0.776. The minimum Gasteiger partial charge on any atom is -0.276 e. The molecule has 0 fully saturated rings. The summed E-state index contributed by atoms with van der Waals surface area (Å²) in [7, 11) is 0. The van der Waals surface area contributed by atoms with Crippen LogP contribution in [-0.4, -0.2) is 10.2 Å². The number of carbonyl (C=O) groups excluding carboxylic acids is 1. The van der Waals surface area contributed by atoms with Crippen molar-refractivity contribution in [3.63, 3.8) is 0 Å². The fraction of sp³-hybridized carbons (Fsp3) is 0.143. The van der Waals surface area contributed by atoms with Gasteiger partial charge in [0, 0.05) is 0 Å². The number of nitrogens with zero attached hydrogens (tertiary/aromatic N) is 1. The van der Waals surface area contributed by atoms with Crippen LogP contribution >= 0.6 is 27.5 Å². The Hall–Kier alpha value is -0.620. The number of alkyl halides is 2. The molecule has 1 aromatic heterocycles. The summed E-state index contributed by atoms with van der Waals surface area (Å²) >= 11 is 7.79. The zero-order valence-corrected chi connectivity index (χ0v) is 8.74. The molecule has 0 unspecified atom stereocenters. The van der Waals surface area contributed by atoms with Crippen LogP contribution in [0.5, 0.6) is 0 Å². The van der Waals surface area contributed by atoms with Crippen LogP contribution in [0.1, 0.15) is 22.3 Å². The van der Waals surface area contributed by atoms with E-state index in [-0.39, 0.29) is 10.2 Å². The van der Waals surface area contributed by atoms with Crippen LogP contribution in [0.4, 0.5) is 13.2 Å². The number of carbonyl (C=O) groups is 1. The predicted molar refractivity (Wildman–Crippen MR) is 47.0 cm³/mol. The quantitative estimate of drug-likeness (QED) is 0.617. The van der Waals surface area contributed by atoms with Gasteiger partial charge in [-0.25, -0.2) is 13.8 Å². The largest absolute Gasteiger partial charge is 0.276 e. The molecule has 0 N–H and O–H groups in total. The Kier molecular flexibility index (Phi) is 3.49. The summed E-state index contributed by atoms with van der Waals surface area (Å²) in [6, 6.07) is 0.673. The molecule has 0 atom stereocenters. The molecule has 0 spiro atoms. The van der Waals surface area contributed by atoms with E-state index in [2.05, 4.69) is 20.9 Å². The van der Waals surface area contributed by atoms with Gasteiger partial charge in [0.1, 0.15) is 4.60 Å². The first kappa shape index (κ1) is 11.5. The molecule has 0 saturated heterocycles. The third-order valence-corrected chi connectivity index (χ3v) is 2.21.